The topological polar surface area (TPSA) is 42.1 Å². The van der Waals surface area contributed by atoms with Gasteiger partial charge in [-0.3, -0.25) is 0 Å². The summed E-state index contributed by atoms with van der Waals surface area (Å²) in [6, 6.07) is 0. The summed E-state index contributed by atoms with van der Waals surface area (Å²) in [5, 5.41) is 3.11. The Labute approximate surface area is 83.6 Å². The molecular formula is C9H17N3S. The van der Waals surface area contributed by atoms with Crippen LogP contribution in [0.15, 0.2) is 11.6 Å². The van der Waals surface area contributed by atoms with Gasteiger partial charge in [-0.2, -0.15) is 0 Å². The van der Waals surface area contributed by atoms with Gasteiger partial charge in [0, 0.05) is 25.2 Å². The number of rotatable bonds is 6. The van der Waals surface area contributed by atoms with E-state index in [2.05, 4.69) is 16.9 Å². The van der Waals surface area contributed by atoms with E-state index in [0.29, 0.717) is 0 Å². The van der Waals surface area contributed by atoms with Crippen molar-refractivity contribution in [2.75, 3.05) is 25.0 Å². The lowest BCUT2D eigenvalue weighted by molar-refractivity contribution is 0.678. The summed E-state index contributed by atoms with van der Waals surface area (Å²) in [6.07, 6.45) is 5.39. The maximum absolute atomic E-state index is 5.42. The van der Waals surface area contributed by atoms with E-state index in [-0.39, 0.29) is 0 Å². The summed E-state index contributed by atoms with van der Waals surface area (Å²) < 4.78 is 0. The SMILES string of the molecule is CN(CCCCCN)c1nccs1. The summed E-state index contributed by atoms with van der Waals surface area (Å²) in [4.78, 5) is 6.43. The van der Waals surface area contributed by atoms with Crippen LogP contribution in [-0.4, -0.2) is 25.1 Å². The highest BCUT2D eigenvalue weighted by Crippen LogP contribution is 2.15. The molecule has 74 valence electrons. The molecule has 0 unspecified atom stereocenters. The minimum atomic E-state index is 0.807. The minimum absolute atomic E-state index is 0.807. The van der Waals surface area contributed by atoms with Gasteiger partial charge in [-0.25, -0.2) is 4.98 Å². The second kappa shape index (κ2) is 5.94. The van der Waals surface area contributed by atoms with E-state index in [9.17, 15) is 0 Å². The van der Waals surface area contributed by atoms with E-state index in [1.807, 2.05) is 11.6 Å². The lowest BCUT2D eigenvalue weighted by Gasteiger charge is -2.14. The van der Waals surface area contributed by atoms with Gasteiger partial charge in [0.15, 0.2) is 5.13 Å². The molecule has 0 bridgehead atoms. The number of anilines is 1. The zero-order chi connectivity index (χ0) is 9.52. The molecular weight excluding hydrogens is 182 g/mol. The van der Waals surface area contributed by atoms with E-state index >= 15 is 0 Å². The van der Waals surface area contributed by atoms with Crippen LogP contribution < -0.4 is 10.6 Å². The predicted octanol–water partition coefficient (Wildman–Crippen LogP) is 1.71. The molecule has 0 amide bonds. The molecule has 0 aliphatic heterocycles. The van der Waals surface area contributed by atoms with Crippen molar-refractivity contribution >= 4 is 16.5 Å². The summed E-state index contributed by atoms with van der Waals surface area (Å²) in [5.41, 5.74) is 5.42. The van der Waals surface area contributed by atoms with Crippen LogP contribution in [0.5, 0.6) is 0 Å². The monoisotopic (exact) mass is 199 g/mol. The summed E-state index contributed by atoms with van der Waals surface area (Å²) in [7, 11) is 2.08. The molecule has 0 spiro atoms. The molecule has 0 aliphatic rings. The van der Waals surface area contributed by atoms with Gasteiger partial charge in [0.1, 0.15) is 0 Å². The van der Waals surface area contributed by atoms with Crippen LogP contribution in [0.2, 0.25) is 0 Å². The third-order valence-electron chi connectivity index (χ3n) is 1.94. The van der Waals surface area contributed by atoms with Gasteiger partial charge in [-0.05, 0) is 19.4 Å². The van der Waals surface area contributed by atoms with Crippen LogP contribution in [0, 0.1) is 0 Å². The van der Waals surface area contributed by atoms with Crippen molar-refractivity contribution in [2.45, 2.75) is 19.3 Å². The van der Waals surface area contributed by atoms with Gasteiger partial charge in [0.05, 0.1) is 0 Å². The highest BCUT2D eigenvalue weighted by atomic mass is 32.1. The fourth-order valence-electron chi connectivity index (χ4n) is 1.17. The van der Waals surface area contributed by atoms with Crippen LogP contribution in [0.3, 0.4) is 0 Å². The van der Waals surface area contributed by atoms with Crippen LogP contribution >= 0.6 is 11.3 Å². The molecule has 1 aromatic rings. The van der Waals surface area contributed by atoms with Gasteiger partial charge in [0.25, 0.3) is 0 Å². The first-order chi connectivity index (χ1) is 6.34. The number of nitrogens with zero attached hydrogens (tertiary/aromatic N) is 2. The Bertz CT molecular complexity index is 211. The van der Waals surface area contributed by atoms with Crippen molar-refractivity contribution in [3.8, 4) is 0 Å². The van der Waals surface area contributed by atoms with E-state index in [4.69, 9.17) is 5.73 Å². The third-order valence-corrected chi connectivity index (χ3v) is 2.83. The van der Waals surface area contributed by atoms with Crippen molar-refractivity contribution in [2.24, 2.45) is 5.73 Å². The summed E-state index contributed by atoms with van der Waals surface area (Å²) >= 11 is 1.68. The lowest BCUT2D eigenvalue weighted by Crippen LogP contribution is -2.18. The summed E-state index contributed by atoms with van der Waals surface area (Å²) in [5.74, 6) is 0. The molecule has 1 aromatic heterocycles. The van der Waals surface area contributed by atoms with Crippen LogP contribution in [0.25, 0.3) is 0 Å². The fourth-order valence-corrected chi connectivity index (χ4v) is 1.81. The number of hydrogen-bond donors (Lipinski definition) is 1. The molecule has 4 heteroatoms. The molecule has 0 aromatic carbocycles. The smallest absolute Gasteiger partial charge is 0.184 e. The lowest BCUT2D eigenvalue weighted by atomic mass is 10.2. The van der Waals surface area contributed by atoms with Gasteiger partial charge in [0.2, 0.25) is 0 Å². The Morgan fingerprint density at radius 1 is 1.46 bits per heavy atom. The Hall–Kier alpha value is -0.610. The highest BCUT2D eigenvalue weighted by Gasteiger charge is 2.01. The van der Waals surface area contributed by atoms with Crippen LogP contribution in [0.1, 0.15) is 19.3 Å². The highest BCUT2D eigenvalue weighted by molar-refractivity contribution is 7.13. The largest absolute Gasteiger partial charge is 0.351 e. The molecule has 13 heavy (non-hydrogen) atoms. The Morgan fingerprint density at radius 2 is 2.31 bits per heavy atom. The van der Waals surface area contributed by atoms with E-state index in [1.54, 1.807) is 11.3 Å². The molecule has 0 atom stereocenters. The quantitative estimate of drug-likeness (QED) is 0.709. The first-order valence-corrected chi connectivity index (χ1v) is 5.53. The molecule has 0 radical (unpaired) electrons. The number of thiazole rings is 1. The second-order valence-electron chi connectivity index (χ2n) is 3.09. The molecule has 0 fully saturated rings. The van der Waals surface area contributed by atoms with Gasteiger partial charge < -0.3 is 10.6 Å². The second-order valence-corrected chi connectivity index (χ2v) is 3.96. The van der Waals surface area contributed by atoms with Crippen molar-refractivity contribution < 1.29 is 0 Å². The van der Waals surface area contributed by atoms with Crippen molar-refractivity contribution in [3.05, 3.63) is 11.6 Å². The Morgan fingerprint density at radius 3 is 2.92 bits per heavy atom. The first kappa shape index (κ1) is 10.5. The predicted molar refractivity (Wildman–Crippen MR) is 58.3 cm³/mol. The number of aromatic nitrogens is 1. The van der Waals surface area contributed by atoms with E-state index in [1.165, 1.54) is 12.8 Å². The third kappa shape index (κ3) is 3.74. The molecule has 0 saturated heterocycles. The molecule has 1 rings (SSSR count). The van der Waals surface area contributed by atoms with Gasteiger partial charge in [-0.1, -0.05) is 6.42 Å². The Balaban J connectivity index is 2.15. The average molecular weight is 199 g/mol. The first-order valence-electron chi connectivity index (χ1n) is 4.65. The number of nitrogens with two attached hydrogens (primary N) is 1. The minimum Gasteiger partial charge on any atom is -0.351 e. The Kier molecular flexibility index (Phi) is 4.78. The van der Waals surface area contributed by atoms with Crippen molar-refractivity contribution in [3.63, 3.8) is 0 Å². The van der Waals surface area contributed by atoms with Crippen molar-refractivity contribution in [1.82, 2.24) is 4.98 Å². The van der Waals surface area contributed by atoms with E-state index < -0.39 is 0 Å². The average Bonchev–Trinajstić information content (AvgIpc) is 2.65. The maximum atomic E-state index is 5.42. The number of hydrogen-bond acceptors (Lipinski definition) is 4. The molecule has 0 saturated carbocycles. The zero-order valence-electron chi connectivity index (χ0n) is 8.07. The number of unbranched alkanes of at least 4 members (excludes halogenated alkanes) is 2. The fraction of sp³-hybridized carbons (Fsp3) is 0.667. The molecule has 0 aliphatic carbocycles. The molecule has 1 heterocycles. The van der Waals surface area contributed by atoms with Crippen LogP contribution in [0.4, 0.5) is 5.13 Å². The standard InChI is InChI=1S/C9H17N3S/c1-12(7-4-2-3-5-10)9-11-6-8-13-9/h6,8H,2-5,7,10H2,1H3. The molecule has 2 N–H and O–H groups in total. The van der Waals surface area contributed by atoms with Crippen LogP contribution in [-0.2, 0) is 0 Å². The normalized spacial score (nSPS) is 10.3. The maximum Gasteiger partial charge on any atom is 0.184 e. The zero-order valence-corrected chi connectivity index (χ0v) is 8.89. The molecule has 3 nitrogen and oxygen atoms in total. The summed E-state index contributed by atoms with van der Waals surface area (Å²) in [6.45, 7) is 1.88. The van der Waals surface area contributed by atoms with Gasteiger partial charge >= 0.3 is 0 Å². The van der Waals surface area contributed by atoms with E-state index in [0.717, 1.165) is 24.6 Å². The van der Waals surface area contributed by atoms with Gasteiger partial charge in [-0.15, -0.1) is 11.3 Å². The van der Waals surface area contributed by atoms with Crippen molar-refractivity contribution in [1.29, 1.82) is 0 Å².